The van der Waals surface area contributed by atoms with E-state index >= 15 is 0 Å². The molecule has 0 atom stereocenters. The van der Waals surface area contributed by atoms with Crippen LogP contribution in [0.5, 0.6) is 0 Å². The Morgan fingerprint density at radius 3 is 2.80 bits per heavy atom. The number of anilines is 1. The van der Waals surface area contributed by atoms with E-state index < -0.39 is 0 Å². The van der Waals surface area contributed by atoms with Crippen LogP contribution >= 0.6 is 11.3 Å². The molecule has 1 aliphatic carbocycles. The molecule has 2 heterocycles. The molecule has 0 aliphatic heterocycles. The van der Waals surface area contributed by atoms with Crippen molar-refractivity contribution in [3.8, 4) is 6.07 Å². The van der Waals surface area contributed by atoms with Crippen molar-refractivity contribution in [3.63, 3.8) is 0 Å². The first-order chi connectivity index (χ1) is 9.70. The van der Waals surface area contributed by atoms with Crippen molar-refractivity contribution < 1.29 is 0 Å². The minimum atomic E-state index is 0.499. The fraction of sp³-hybridized carbons (Fsp3) is 0.400. The lowest BCUT2D eigenvalue weighted by atomic mass is 10.1. The van der Waals surface area contributed by atoms with Gasteiger partial charge in [-0.05, 0) is 54.6 Å². The van der Waals surface area contributed by atoms with Crippen LogP contribution in [0.4, 0.5) is 5.82 Å². The maximum absolute atomic E-state index is 9.46. The first kappa shape index (κ1) is 13.1. The molecule has 0 bridgehead atoms. The summed E-state index contributed by atoms with van der Waals surface area (Å²) >= 11 is 1.70. The standard InChI is InChI=1S/C15H16N4S/c1-10-11(2)17-18-15(14(10)7-16)19(13-3-4-13)8-12-5-6-20-9-12/h5-6,9,13H,3-4,8H2,1-2H3. The normalized spacial score (nSPS) is 14.1. The quantitative estimate of drug-likeness (QED) is 0.865. The number of hydrogen-bond acceptors (Lipinski definition) is 5. The van der Waals surface area contributed by atoms with Crippen LogP contribution in [0.15, 0.2) is 16.8 Å². The Labute approximate surface area is 122 Å². The van der Waals surface area contributed by atoms with Gasteiger partial charge in [-0.25, -0.2) is 0 Å². The molecule has 4 nitrogen and oxygen atoms in total. The monoisotopic (exact) mass is 284 g/mol. The molecule has 0 unspecified atom stereocenters. The van der Waals surface area contributed by atoms with Gasteiger partial charge < -0.3 is 4.90 Å². The molecule has 102 valence electrons. The average molecular weight is 284 g/mol. The lowest BCUT2D eigenvalue weighted by Crippen LogP contribution is -2.27. The Morgan fingerprint density at radius 2 is 2.20 bits per heavy atom. The largest absolute Gasteiger partial charge is 0.347 e. The number of rotatable bonds is 4. The zero-order valence-corrected chi connectivity index (χ0v) is 12.4. The summed E-state index contributed by atoms with van der Waals surface area (Å²) in [5, 5.41) is 22.2. The number of thiophene rings is 1. The molecule has 0 saturated heterocycles. The van der Waals surface area contributed by atoms with Crippen molar-refractivity contribution in [2.24, 2.45) is 0 Å². The summed E-state index contributed by atoms with van der Waals surface area (Å²) in [6.45, 7) is 4.65. The molecule has 0 radical (unpaired) electrons. The molecule has 1 saturated carbocycles. The third-order valence-electron chi connectivity index (χ3n) is 3.74. The van der Waals surface area contributed by atoms with Gasteiger partial charge in [-0.2, -0.15) is 21.7 Å². The molecule has 3 rings (SSSR count). The molecule has 1 fully saturated rings. The van der Waals surface area contributed by atoms with Crippen molar-refractivity contribution >= 4 is 17.2 Å². The number of aromatic nitrogens is 2. The lowest BCUT2D eigenvalue weighted by molar-refractivity contribution is 0.757. The fourth-order valence-electron chi connectivity index (χ4n) is 2.27. The molecule has 0 amide bonds. The van der Waals surface area contributed by atoms with E-state index in [-0.39, 0.29) is 0 Å². The van der Waals surface area contributed by atoms with E-state index in [1.807, 2.05) is 13.8 Å². The van der Waals surface area contributed by atoms with Crippen LogP contribution in [0.25, 0.3) is 0 Å². The van der Waals surface area contributed by atoms with Crippen molar-refractivity contribution in [3.05, 3.63) is 39.2 Å². The predicted octanol–water partition coefficient (Wildman–Crippen LogP) is 3.20. The molecule has 0 aromatic carbocycles. The highest BCUT2D eigenvalue weighted by Gasteiger charge is 2.32. The molecule has 1 aliphatic rings. The van der Waals surface area contributed by atoms with Crippen molar-refractivity contribution in [2.45, 2.75) is 39.3 Å². The van der Waals surface area contributed by atoms with Gasteiger partial charge in [0.05, 0.1) is 5.69 Å². The van der Waals surface area contributed by atoms with E-state index in [0.29, 0.717) is 11.6 Å². The second-order valence-electron chi connectivity index (χ2n) is 5.21. The molecular formula is C15H16N4S. The van der Waals surface area contributed by atoms with Gasteiger partial charge in [0, 0.05) is 12.6 Å². The number of aryl methyl sites for hydroxylation is 1. The summed E-state index contributed by atoms with van der Waals surface area (Å²) in [4.78, 5) is 2.24. The van der Waals surface area contributed by atoms with E-state index in [9.17, 15) is 5.26 Å². The summed E-state index contributed by atoms with van der Waals surface area (Å²) in [5.41, 5.74) is 3.70. The Balaban J connectivity index is 2.00. The molecule has 0 N–H and O–H groups in total. The van der Waals surface area contributed by atoms with Gasteiger partial charge in [0.25, 0.3) is 0 Å². The summed E-state index contributed by atoms with van der Waals surface area (Å²) in [6, 6.07) is 4.93. The van der Waals surface area contributed by atoms with Gasteiger partial charge in [0.2, 0.25) is 0 Å². The minimum Gasteiger partial charge on any atom is -0.347 e. The topological polar surface area (TPSA) is 52.8 Å². The highest BCUT2D eigenvalue weighted by atomic mass is 32.1. The zero-order chi connectivity index (χ0) is 14.1. The highest BCUT2D eigenvalue weighted by Crippen LogP contribution is 2.34. The fourth-order valence-corrected chi connectivity index (χ4v) is 2.93. The minimum absolute atomic E-state index is 0.499. The molecule has 2 aromatic rings. The Kier molecular flexibility index (Phi) is 3.41. The van der Waals surface area contributed by atoms with Crippen LogP contribution in [0.2, 0.25) is 0 Å². The van der Waals surface area contributed by atoms with Crippen molar-refractivity contribution in [2.75, 3.05) is 4.90 Å². The smallest absolute Gasteiger partial charge is 0.170 e. The van der Waals surface area contributed by atoms with Crippen molar-refractivity contribution in [1.29, 1.82) is 5.26 Å². The van der Waals surface area contributed by atoms with Gasteiger partial charge >= 0.3 is 0 Å². The van der Waals surface area contributed by atoms with Crippen LogP contribution in [-0.2, 0) is 6.54 Å². The van der Waals surface area contributed by atoms with Crippen LogP contribution < -0.4 is 4.90 Å². The van der Waals surface area contributed by atoms with E-state index in [1.54, 1.807) is 11.3 Å². The highest BCUT2D eigenvalue weighted by molar-refractivity contribution is 7.07. The van der Waals surface area contributed by atoms with Gasteiger partial charge in [0.1, 0.15) is 11.6 Å². The molecular weight excluding hydrogens is 268 g/mol. The maximum atomic E-state index is 9.46. The van der Waals surface area contributed by atoms with Crippen LogP contribution in [0.3, 0.4) is 0 Å². The second kappa shape index (κ2) is 5.22. The number of nitriles is 1. The average Bonchev–Trinajstić information content (AvgIpc) is 3.16. The maximum Gasteiger partial charge on any atom is 0.170 e. The third kappa shape index (κ3) is 2.39. The van der Waals surface area contributed by atoms with Crippen molar-refractivity contribution in [1.82, 2.24) is 10.2 Å². The van der Waals surface area contributed by atoms with Gasteiger partial charge in [-0.1, -0.05) is 0 Å². The van der Waals surface area contributed by atoms with E-state index in [0.717, 1.165) is 23.6 Å². The van der Waals surface area contributed by atoms with E-state index in [4.69, 9.17) is 0 Å². The molecule has 0 spiro atoms. The number of nitrogens with zero attached hydrogens (tertiary/aromatic N) is 4. The van der Waals surface area contributed by atoms with Gasteiger partial charge in [-0.3, -0.25) is 0 Å². The molecule has 5 heteroatoms. The first-order valence-electron chi connectivity index (χ1n) is 6.72. The summed E-state index contributed by atoms with van der Waals surface area (Å²) in [5.74, 6) is 0.740. The summed E-state index contributed by atoms with van der Waals surface area (Å²) < 4.78 is 0. The predicted molar refractivity (Wildman–Crippen MR) is 79.7 cm³/mol. The summed E-state index contributed by atoms with van der Waals surface area (Å²) in [7, 11) is 0. The third-order valence-corrected chi connectivity index (χ3v) is 4.47. The lowest BCUT2D eigenvalue weighted by Gasteiger charge is -2.24. The van der Waals surface area contributed by atoms with Gasteiger partial charge in [0.15, 0.2) is 5.82 Å². The first-order valence-corrected chi connectivity index (χ1v) is 7.66. The Morgan fingerprint density at radius 1 is 1.40 bits per heavy atom. The van der Waals surface area contributed by atoms with Crippen LogP contribution in [-0.4, -0.2) is 16.2 Å². The van der Waals surface area contributed by atoms with Crippen LogP contribution in [0.1, 0.15) is 35.2 Å². The zero-order valence-electron chi connectivity index (χ0n) is 11.6. The summed E-state index contributed by atoms with van der Waals surface area (Å²) in [6.07, 6.45) is 2.34. The Bertz CT molecular complexity index is 653. The Hall–Kier alpha value is -1.93. The van der Waals surface area contributed by atoms with Crippen LogP contribution in [0, 0.1) is 25.2 Å². The van der Waals surface area contributed by atoms with E-state index in [2.05, 4.69) is 38.0 Å². The number of hydrogen-bond donors (Lipinski definition) is 0. The second-order valence-corrected chi connectivity index (χ2v) is 5.99. The van der Waals surface area contributed by atoms with Gasteiger partial charge in [-0.15, -0.1) is 5.10 Å². The molecule has 2 aromatic heterocycles. The SMILES string of the molecule is Cc1nnc(N(Cc2ccsc2)C2CC2)c(C#N)c1C. The van der Waals surface area contributed by atoms with E-state index in [1.165, 1.54) is 18.4 Å². The molecule has 20 heavy (non-hydrogen) atoms.